The number of halogens is 2. The van der Waals surface area contributed by atoms with Gasteiger partial charge in [-0.05, 0) is 35.9 Å². The normalized spacial score (nSPS) is 10.1. The summed E-state index contributed by atoms with van der Waals surface area (Å²) in [5.41, 5.74) is 7.28. The van der Waals surface area contributed by atoms with E-state index in [9.17, 15) is 4.39 Å². The highest BCUT2D eigenvalue weighted by molar-refractivity contribution is 9.10. The fourth-order valence-electron chi connectivity index (χ4n) is 1.76. The van der Waals surface area contributed by atoms with Crippen LogP contribution in [0.5, 0.6) is 5.75 Å². The van der Waals surface area contributed by atoms with E-state index in [1.54, 1.807) is 6.07 Å². The lowest BCUT2D eigenvalue weighted by molar-refractivity contribution is 0.303. The van der Waals surface area contributed by atoms with Gasteiger partial charge in [-0.3, -0.25) is 0 Å². The second-order valence-electron chi connectivity index (χ2n) is 4.17. The lowest BCUT2D eigenvalue weighted by Crippen LogP contribution is -2.03. The van der Waals surface area contributed by atoms with Crippen LogP contribution in [0, 0.1) is 17.1 Å². The molecule has 2 aromatic rings. The first kappa shape index (κ1) is 14.5. The van der Waals surface area contributed by atoms with Gasteiger partial charge in [-0.15, -0.1) is 0 Å². The largest absolute Gasteiger partial charge is 0.489 e. The third kappa shape index (κ3) is 3.35. The maximum absolute atomic E-state index is 13.2. The molecule has 0 radical (unpaired) electrons. The van der Waals surface area contributed by atoms with Gasteiger partial charge in [0, 0.05) is 16.6 Å². The van der Waals surface area contributed by atoms with Crippen molar-refractivity contribution in [2.45, 2.75) is 13.2 Å². The minimum Gasteiger partial charge on any atom is -0.489 e. The van der Waals surface area contributed by atoms with Crippen LogP contribution in [-0.4, -0.2) is 0 Å². The van der Waals surface area contributed by atoms with Crippen LogP contribution in [0.25, 0.3) is 0 Å². The predicted octanol–water partition coefficient (Wildman–Crippen LogP) is 3.50. The molecule has 20 heavy (non-hydrogen) atoms. The van der Waals surface area contributed by atoms with Gasteiger partial charge >= 0.3 is 0 Å². The average Bonchev–Trinajstić information content (AvgIpc) is 2.47. The van der Waals surface area contributed by atoms with Gasteiger partial charge in [0.05, 0.1) is 5.56 Å². The second kappa shape index (κ2) is 6.51. The summed E-state index contributed by atoms with van der Waals surface area (Å²) in [6.07, 6.45) is 0. The molecule has 3 nitrogen and oxygen atoms in total. The van der Waals surface area contributed by atoms with Crippen LogP contribution in [-0.2, 0) is 13.2 Å². The lowest BCUT2D eigenvalue weighted by atomic mass is 10.1. The number of nitriles is 1. The number of hydrogen-bond acceptors (Lipinski definition) is 3. The quantitative estimate of drug-likeness (QED) is 0.930. The van der Waals surface area contributed by atoms with Gasteiger partial charge in [0.2, 0.25) is 0 Å². The van der Waals surface area contributed by atoms with Gasteiger partial charge in [-0.2, -0.15) is 5.26 Å². The summed E-state index contributed by atoms with van der Waals surface area (Å²) < 4.78 is 19.8. The van der Waals surface area contributed by atoms with Crippen molar-refractivity contribution in [3.8, 4) is 11.8 Å². The summed E-state index contributed by atoms with van der Waals surface area (Å²) in [5.74, 6) is 0.154. The van der Waals surface area contributed by atoms with E-state index in [0.29, 0.717) is 12.3 Å². The van der Waals surface area contributed by atoms with Gasteiger partial charge in [0.1, 0.15) is 24.2 Å². The van der Waals surface area contributed by atoms with E-state index in [4.69, 9.17) is 15.7 Å². The monoisotopic (exact) mass is 334 g/mol. The molecule has 0 aliphatic rings. The van der Waals surface area contributed by atoms with E-state index < -0.39 is 5.82 Å². The zero-order chi connectivity index (χ0) is 14.5. The van der Waals surface area contributed by atoms with Crippen molar-refractivity contribution in [3.63, 3.8) is 0 Å². The summed E-state index contributed by atoms with van der Waals surface area (Å²) in [6, 6.07) is 11.7. The summed E-state index contributed by atoms with van der Waals surface area (Å²) in [6.45, 7) is 0.616. The molecule has 0 saturated carbocycles. The Hall–Kier alpha value is -1.90. The third-order valence-corrected chi connectivity index (χ3v) is 3.28. The molecule has 0 aromatic heterocycles. The highest BCUT2D eigenvalue weighted by atomic mass is 79.9. The molecule has 0 aliphatic heterocycles. The molecule has 0 atom stereocenters. The predicted molar refractivity (Wildman–Crippen MR) is 77.5 cm³/mol. The van der Waals surface area contributed by atoms with Crippen molar-refractivity contribution in [1.82, 2.24) is 0 Å². The molecule has 2 rings (SSSR count). The van der Waals surface area contributed by atoms with Crippen LogP contribution in [0.1, 0.15) is 16.7 Å². The van der Waals surface area contributed by atoms with Crippen molar-refractivity contribution in [2.24, 2.45) is 5.73 Å². The number of ether oxygens (including phenoxy) is 1. The SMILES string of the molecule is N#Cc1cc(COc2ccc(Br)cc2CN)ccc1F. The Morgan fingerprint density at radius 2 is 2.05 bits per heavy atom. The number of rotatable bonds is 4. The van der Waals surface area contributed by atoms with Crippen LogP contribution in [0.3, 0.4) is 0 Å². The minimum absolute atomic E-state index is 0.0148. The Bertz CT molecular complexity index is 667. The molecule has 0 unspecified atom stereocenters. The Morgan fingerprint density at radius 3 is 2.75 bits per heavy atom. The Kier molecular flexibility index (Phi) is 4.72. The summed E-state index contributed by atoms with van der Waals surface area (Å²) in [7, 11) is 0. The van der Waals surface area contributed by atoms with E-state index in [1.807, 2.05) is 24.3 Å². The molecule has 2 N–H and O–H groups in total. The molecule has 0 bridgehead atoms. The standard InChI is InChI=1S/C15H12BrFN2O/c16-13-2-4-15(12(6-13)8-19)20-9-10-1-3-14(17)11(5-10)7-18/h1-6H,8-9,19H2. The van der Waals surface area contributed by atoms with Gasteiger partial charge in [-0.1, -0.05) is 22.0 Å². The smallest absolute Gasteiger partial charge is 0.140 e. The maximum atomic E-state index is 13.2. The third-order valence-electron chi connectivity index (χ3n) is 2.79. The van der Waals surface area contributed by atoms with Crippen LogP contribution in [0.15, 0.2) is 40.9 Å². The maximum Gasteiger partial charge on any atom is 0.140 e. The molecule has 0 aliphatic carbocycles. The molecule has 0 fully saturated rings. The molecular weight excluding hydrogens is 323 g/mol. The van der Waals surface area contributed by atoms with Gasteiger partial charge in [0.25, 0.3) is 0 Å². The Labute approximate surface area is 124 Å². The molecular formula is C15H12BrFN2O. The van der Waals surface area contributed by atoms with Crippen LogP contribution in [0.2, 0.25) is 0 Å². The molecule has 0 spiro atoms. The molecule has 2 aromatic carbocycles. The zero-order valence-corrected chi connectivity index (χ0v) is 12.2. The van der Waals surface area contributed by atoms with Crippen LogP contribution < -0.4 is 10.5 Å². The number of nitrogens with two attached hydrogens (primary N) is 1. The van der Waals surface area contributed by atoms with Gasteiger partial charge in [0.15, 0.2) is 0 Å². The zero-order valence-electron chi connectivity index (χ0n) is 10.6. The fourth-order valence-corrected chi connectivity index (χ4v) is 2.17. The molecule has 0 heterocycles. The first-order valence-electron chi connectivity index (χ1n) is 5.94. The number of hydrogen-bond donors (Lipinski definition) is 1. The summed E-state index contributed by atoms with van der Waals surface area (Å²) in [5, 5.41) is 8.79. The van der Waals surface area contributed by atoms with E-state index >= 15 is 0 Å². The summed E-state index contributed by atoms with van der Waals surface area (Å²) >= 11 is 3.37. The van der Waals surface area contributed by atoms with Crippen LogP contribution in [0.4, 0.5) is 4.39 Å². The van der Waals surface area contributed by atoms with E-state index in [0.717, 1.165) is 15.6 Å². The highest BCUT2D eigenvalue weighted by Gasteiger charge is 2.06. The highest BCUT2D eigenvalue weighted by Crippen LogP contribution is 2.24. The topological polar surface area (TPSA) is 59.0 Å². The molecule has 5 heteroatoms. The van der Waals surface area contributed by atoms with Crippen molar-refractivity contribution in [3.05, 3.63) is 63.4 Å². The number of benzene rings is 2. The second-order valence-corrected chi connectivity index (χ2v) is 5.09. The Balaban J connectivity index is 2.15. The molecule has 0 amide bonds. The number of nitrogens with zero attached hydrogens (tertiary/aromatic N) is 1. The van der Waals surface area contributed by atoms with Crippen LogP contribution >= 0.6 is 15.9 Å². The average molecular weight is 335 g/mol. The van der Waals surface area contributed by atoms with Gasteiger partial charge in [-0.25, -0.2) is 4.39 Å². The van der Waals surface area contributed by atoms with Crippen molar-refractivity contribution >= 4 is 15.9 Å². The summed E-state index contributed by atoms with van der Waals surface area (Å²) in [4.78, 5) is 0. The molecule has 102 valence electrons. The van der Waals surface area contributed by atoms with Gasteiger partial charge < -0.3 is 10.5 Å². The molecule has 0 saturated heterocycles. The van der Waals surface area contributed by atoms with Crippen molar-refractivity contribution in [2.75, 3.05) is 0 Å². The van der Waals surface area contributed by atoms with E-state index in [-0.39, 0.29) is 12.2 Å². The van der Waals surface area contributed by atoms with Crippen molar-refractivity contribution in [1.29, 1.82) is 5.26 Å². The van der Waals surface area contributed by atoms with E-state index in [2.05, 4.69) is 15.9 Å². The van der Waals surface area contributed by atoms with E-state index in [1.165, 1.54) is 12.1 Å². The Morgan fingerprint density at radius 1 is 1.25 bits per heavy atom. The van der Waals surface area contributed by atoms with Crippen molar-refractivity contribution < 1.29 is 9.13 Å². The minimum atomic E-state index is -0.525. The lowest BCUT2D eigenvalue weighted by Gasteiger charge is -2.11. The first-order chi connectivity index (χ1) is 9.63. The first-order valence-corrected chi connectivity index (χ1v) is 6.73. The fraction of sp³-hybridized carbons (Fsp3) is 0.133.